The fourth-order valence-electron chi connectivity index (χ4n) is 15.1. The second-order valence-corrected chi connectivity index (χ2v) is 31.2. The molecular formula is C84H93F3N21O13P. The van der Waals surface area contributed by atoms with Gasteiger partial charge in [-0.1, -0.05) is 18.2 Å². The van der Waals surface area contributed by atoms with E-state index >= 15 is 4.57 Å². The van der Waals surface area contributed by atoms with Crippen molar-refractivity contribution in [3.05, 3.63) is 183 Å². The third kappa shape index (κ3) is 22.3. The number of hydrogen-bond donors (Lipinski definition) is 6. The molecule has 38 heteroatoms. The molecule has 0 unspecified atom stereocenters. The summed E-state index contributed by atoms with van der Waals surface area (Å²) in [6, 6.07) is 27.6. The van der Waals surface area contributed by atoms with Crippen molar-refractivity contribution in [3.8, 4) is 34.5 Å². The van der Waals surface area contributed by atoms with Crippen molar-refractivity contribution in [3.63, 3.8) is 0 Å². The van der Waals surface area contributed by atoms with E-state index in [-0.39, 0.29) is 75.3 Å². The van der Waals surface area contributed by atoms with Crippen LogP contribution in [0.5, 0.6) is 34.5 Å². The number of anilines is 9. The zero-order valence-corrected chi connectivity index (χ0v) is 68.3. The number of rotatable bonds is 42. The van der Waals surface area contributed by atoms with Crippen LogP contribution in [-0.4, -0.2) is 210 Å². The minimum absolute atomic E-state index is 0.0797. The second-order valence-electron chi connectivity index (χ2n) is 29.5. The molecule has 3 aliphatic rings. The normalized spacial score (nSPS) is 15.7. The number of methoxy groups -OCH3 is 3. The Kier molecular flexibility index (Phi) is 27.8. The number of aromatic nitrogens is 12. The molecule has 0 spiro atoms. The third-order valence-corrected chi connectivity index (χ3v) is 22.4. The van der Waals surface area contributed by atoms with Gasteiger partial charge in [0, 0.05) is 108 Å². The number of carbonyl (C=O) groups excluding carboxylic acids is 3. The maximum Gasteiger partial charge on any atom is 0.474 e. The van der Waals surface area contributed by atoms with Gasteiger partial charge in [0.1, 0.15) is 73.5 Å². The molecule has 34 nitrogen and oxygen atoms in total. The Bertz CT molecular complexity index is 5150. The molecule has 6 aromatic heterocycles. The molecule has 6 N–H and O–H groups in total. The fourth-order valence-corrected chi connectivity index (χ4v) is 16.4. The van der Waals surface area contributed by atoms with Crippen LogP contribution in [0.4, 0.5) is 64.7 Å². The van der Waals surface area contributed by atoms with Crippen LogP contribution in [0.15, 0.2) is 165 Å². The molecule has 0 saturated carbocycles. The van der Waals surface area contributed by atoms with Gasteiger partial charge in [-0.25, -0.2) is 47.6 Å². The summed E-state index contributed by atoms with van der Waals surface area (Å²) in [6.45, 7) is 5.47. The molecule has 0 aliphatic carbocycles. The van der Waals surface area contributed by atoms with E-state index < -0.39 is 25.3 Å². The van der Waals surface area contributed by atoms with Crippen LogP contribution in [0.25, 0.3) is 32.7 Å². The maximum absolute atomic E-state index is 15.4. The van der Waals surface area contributed by atoms with E-state index in [4.69, 9.17) is 42.0 Å². The quantitative estimate of drug-likeness (QED) is 0.0153. The topological polar surface area (TPSA) is 364 Å². The zero-order valence-electron chi connectivity index (χ0n) is 67.4. The summed E-state index contributed by atoms with van der Waals surface area (Å²) in [4.78, 5) is 72.3. The van der Waals surface area contributed by atoms with E-state index in [2.05, 4.69) is 91.8 Å². The van der Waals surface area contributed by atoms with Crippen molar-refractivity contribution in [2.75, 3.05) is 132 Å². The first kappa shape index (κ1) is 84.4. The van der Waals surface area contributed by atoms with E-state index in [1.807, 2.05) is 0 Å². The van der Waals surface area contributed by atoms with Gasteiger partial charge in [-0.15, -0.1) is 0 Å². The first-order valence-electron chi connectivity index (χ1n) is 40.2. The van der Waals surface area contributed by atoms with Gasteiger partial charge in [-0.2, -0.15) is 15.3 Å². The van der Waals surface area contributed by atoms with Gasteiger partial charge in [0.05, 0.1) is 113 Å². The molecule has 12 aromatic rings. The highest BCUT2D eigenvalue weighted by Gasteiger charge is 2.37. The Morgan fingerprint density at radius 3 is 1.02 bits per heavy atom. The Hall–Kier alpha value is -12.6. The molecule has 0 bridgehead atoms. The molecule has 122 heavy (non-hydrogen) atoms. The standard InChI is InChI=1S/C84H93F3N21O13P/c1-113-73-34-67-70(88-52-91-82(67)100-61-40-94-106(43-61)46-79(109)97-58-16-4-13-55(85)31-58)37-76(73)116-28-10-25-103-22-7-19-64(103)49-119-122(112,120-50-65-20-8-23-104(65)26-11-29-117-77-38-71-68(35-74(77)114-2)83(92-53-89-71)101-62-41-95-107(44-62)47-80(110)98-59-17-5-14-56(86)32-59)121-51-66-21-9-24-105(66)27-12-30-118-78-39-72-69(36-75(78)115-3)84(93-54-90-72)102-63-42-96-108(45-63)48-81(111)99-60-18-6-15-57(87)33-60/h4-6,13-18,31-45,52-54,64-66H,7-12,19-30,46-51H2,1-3H3,(H,97,109)(H,98,110)(H,99,111)(H,88,91,100)(H,89,92,101)(H,90,93,102)/t64-,65-,66-/m1/s1. The SMILES string of the molecule is COc1cc2c(Nc3cnn(CC(=O)Nc4cccc(F)c4)c3)ncnc2cc1OCCCN1CCC[C@@H]1COP(=O)(OC[C@H]1CCCN1CCCOc1cc2ncnc(Nc3cnn(CC(=O)Nc4cccc(F)c4)c3)c2cc1OC)OC[C@H]1CCCN1CCCOc1cc2ncnc(Nc3cnn(CC(=O)Nc4cccc(F)c4)c3)c2cc1OC. The average Bonchev–Trinajstić information content (AvgIpc) is 0.975. The van der Waals surface area contributed by atoms with Gasteiger partial charge in [-0.05, 0) is 150 Å². The van der Waals surface area contributed by atoms with Crippen LogP contribution in [0.1, 0.15) is 57.8 Å². The van der Waals surface area contributed by atoms with Crippen molar-refractivity contribution in [2.24, 2.45) is 0 Å². The molecular weight excluding hydrogens is 1600 g/mol. The predicted molar refractivity (Wildman–Crippen MR) is 449 cm³/mol. The number of fused-ring (bicyclic) bond motifs is 3. The monoisotopic (exact) mass is 1690 g/mol. The number of benzene rings is 6. The maximum atomic E-state index is 15.4. The van der Waals surface area contributed by atoms with Crippen molar-refractivity contribution in [2.45, 2.75) is 95.5 Å². The van der Waals surface area contributed by atoms with Crippen molar-refractivity contribution in [1.29, 1.82) is 0 Å². The van der Waals surface area contributed by atoms with Gasteiger partial charge in [-0.3, -0.25) is 56.7 Å². The number of halogens is 3. The lowest BCUT2D eigenvalue weighted by Crippen LogP contribution is -2.36. The second kappa shape index (κ2) is 40.2. The summed E-state index contributed by atoms with van der Waals surface area (Å²) >= 11 is 0. The van der Waals surface area contributed by atoms with Crippen LogP contribution in [0, 0.1) is 17.5 Å². The summed E-state index contributed by atoms with van der Waals surface area (Å²) in [6.07, 6.45) is 21.1. The number of nitrogens with zero attached hydrogens (tertiary/aromatic N) is 15. The molecule has 15 rings (SSSR count). The number of amides is 3. The Morgan fingerprint density at radius 2 is 0.721 bits per heavy atom. The van der Waals surface area contributed by atoms with Crippen molar-refractivity contribution >= 4 is 110 Å². The number of carbonyl (C=O) groups is 3. The molecule has 3 atom stereocenters. The number of ether oxygens (including phenoxy) is 6. The number of hydrogen-bond acceptors (Lipinski definition) is 28. The van der Waals surface area contributed by atoms with Gasteiger partial charge in [0.25, 0.3) is 0 Å². The Labute approximate surface area is 699 Å². The molecule has 0 radical (unpaired) electrons. The fraction of sp³-hybridized carbons (Fsp3) is 0.357. The van der Waals surface area contributed by atoms with Gasteiger partial charge in [0.15, 0.2) is 34.5 Å². The molecule has 3 aliphatic heterocycles. The smallest absolute Gasteiger partial charge is 0.474 e. The number of nitrogens with one attached hydrogen (secondary N) is 6. The van der Waals surface area contributed by atoms with Crippen LogP contribution in [0.3, 0.4) is 0 Å². The Balaban J connectivity index is 0.556. The minimum atomic E-state index is -4.21. The lowest BCUT2D eigenvalue weighted by atomic mass is 10.2. The van der Waals surface area contributed by atoms with Gasteiger partial charge >= 0.3 is 7.82 Å². The molecule has 9 heterocycles. The first-order chi connectivity index (χ1) is 59.5. The lowest BCUT2D eigenvalue weighted by Gasteiger charge is -2.30. The highest BCUT2D eigenvalue weighted by atomic mass is 31.2. The molecule has 6 aromatic carbocycles. The van der Waals surface area contributed by atoms with E-state index in [0.717, 1.165) is 58.2 Å². The minimum Gasteiger partial charge on any atom is -0.493 e. The summed E-state index contributed by atoms with van der Waals surface area (Å²) in [5.74, 6) is 1.83. The number of phosphoric acid groups is 1. The zero-order chi connectivity index (χ0) is 84.3. The van der Waals surface area contributed by atoms with Gasteiger partial charge < -0.3 is 60.3 Å². The van der Waals surface area contributed by atoms with Crippen LogP contribution in [0.2, 0.25) is 0 Å². The van der Waals surface area contributed by atoms with Crippen molar-refractivity contribution in [1.82, 2.24) is 73.9 Å². The average molecular weight is 1690 g/mol. The summed E-state index contributed by atoms with van der Waals surface area (Å²) < 4.78 is 117. The molecule has 3 fully saturated rings. The Morgan fingerprint density at radius 1 is 0.410 bits per heavy atom. The summed E-state index contributed by atoms with van der Waals surface area (Å²) in [5.41, 5.74) is 4.51. The summed E-state index contributed by atoms with van der Waals surface area (Å²) in [5, 5.41) is 32.8. The lowest BCUT2D eigenvalue weighted by molar-refractivity contribution is -0.117. The molecule has 3 saturated heterocycles. The highest BCUT2D eigenvalue weighted by Crippen LogP contribution is 2.51. The number of phosphoric ester groups is 1. The highest BCUT2D eigenvalue weighted by molar-refractivity contribution is 7.48. The van der Waals surface area contributed by atoms with E-state index in [1.165, 1.54) is 87.6 Å². The molecule has 638 valence electrons. The molecule has 3 amide bonds. The van der Waals surface area contributed by atoms with Crippen LogP contribution >= 0.6 is 7.82 Å². The predicted octanol–water partition coefficient (Wildman–Crippen LogP) is 13.0. The van der Waals surface area contributed by atoms with E-state index in [1.54, 1.807) is 113 Å². The van der Waals surface area contributed by atoms with E-state index in [9.17, 15) is 27.6 Å². The van der Waals surface area contributed by atoms with Gasteiger partial charge in [0.2, 0.25) is 17.7 Å². The number of likely N-dealkylation sites (tertiary alicyclic amines) is 3. The van der Waals surface area contributed by atoms with E-state index in [0.29, 0.717) is 178 Å². The van der Waals surface area contributed by atoms with Crippen LogP contribution in [-0.2, 0) is 52.2 Å². The first-order valence-corrected chi connectivity index (χ1v) is 41.6. The summed E-state index contributed by atoms with van der Waals surface area (Å²) in [7, 11) is 0.485. The van der Waals surface area contributed by atoms with Crippen LogP contribution < -0.4 is 60.3 Å². The van der Waals surface area contributed by atoms with Crippen molar-refractivity contribution < 1.29 is 74.1 Å². The largest absolute Gasteiger partial charge is 0.493 e. The third-order valence-electron chi connectivity index (χ3n) is 21.0.